The highest BCUT2D eigenvalue weighted by molar-refractivity contribution is 5.73. The van der Waals surface area contributed by atoms with Gasteiger partial charge in [-0.1, -0.05) is 32.0 Å². The third kappa shape index (κ3) is 9.38. The molecule has 0 aromatic heterocycles. The predicted octanol–water partition coefficient (Wildman–Crippen LogP) is 1.98. The highest BCUT2D eigenvalue weighted by Gasteiger charge is 1.95. The summed E-state index contributed by atoms with van der Waals surface area (Å²) < 4.78 is 10.5. The topological polar surface area (TPSA) is 61.6 Å². The molecule has 1 rings (SSSR count). The van der Waals surface area contributed by atoms with Crippen LogP contribution in [0.4, 0.5) is 0 Å². The minimum Gasteiger partial charge on any atom is -0.491 e. The summed E-state index contributed by atoms with van der Waals surface area (Å²) in [6, 6.07) is 9.50. The van der Waals surface area contributed by atoms with Gasteiger partial charge in [-0.15, -0.1) is 0 Å². The molecule has 96 valence electrons. The molecule has 0 radical (unpaired) electrons. The van der Waals surface area contributed by atoms with Crippen LogP contribution in [0.15, 0.2) is 30.3 Å². The Labute approximate surface area is 103 Å². The number of carbonyl (C=O) groups excluding carboxylic acids is 1. The van der Waals surface area contributed by atoms with Crippen molar-refractivity contribution in [2.75, 3.05) is 19.8 Å². The van der Waals surface area contributed by atoms with Crippen LogP contribution in [-0.4, -0.2) is 25.7 Å². The molecule has 1 aromatic rings. The van der Waals surface area contributed by atoms with E-state index in [1.54, 1.807) is 0 Å². The Balaban J connectivity index is 0.00000121. The van der Waals surface area contributed by atoms with Crippen LogP contribution >= 0.6 is 0 Å². The minimum atomic E-state index is -0.348. The summed E-state index contributed by atoms with van der Waals surface area (Å²) in [4.78, 5) is 10.4. The highest BCUT2D eigenvalue weighted by atomic mass is 16.5. The molecule has 0 saturated heterocycles. The molecule has 4 heteroatoms. The van der Waals surface area contributed by atoms with Crippen molar-refractivity contribution in [3.05, 3.63) is 30.3 Å². The Kier molecular flexibility index (Phi) is 9.95. The maximum Gasteiger partial charge on any atom is 0.219 e. The molecule has 0 heterocycles. The Morgan fingerprint density at radius 2 is 1.76 bits per heavy atom. The predicted molar refractivity (Wildman–Crippen MR) is 67.9 cm³/mol. The highest BCUT2D eigenvalue weighted by Crippen LogP contribution is 2.07. The Bertz CT molecular complexity index is 288. The van der Waals surface area contributed by atoms with Gasteiger partial charge in [0.1, 0.15) is 12.4 Å². The minimum absolute atomic E-state index is 0.255. The van der Waals surface area contributed by atoms with Crippen LogP contribution in [0, 0.1) is 0 Å². The van der Waals surface area contributed by atoms with Gasteiger partial charge in [0.15, 0.2) is 0 Å². The van der Waals surface area contributed by atoms with Crippen molar-refractivity contribution in [2.24, 2.45) is 5.73 Å². The fraction of sp³-hybridized carbons (Fsp3) is 0.462. The second-order valence-corrected chi connectivity index (χ2v) is 2.99. The van der Waals surface area contributed by atoms with E-state index >= 15 is 0 Å². The zero-order valence-corrected chi connectivity index (χ0v) is 10.5. The Morgan fingerprint density at radius 1 is 1.12 bits per heavy atom. The van der Waals surface area contributed by atoms with Gasteiger partial charge in [0, 0.05) is 6.42 Å². The van der Waals surface area contributed by atoms with Gasteiger partial charge >= 0.3 is 0 Å². The van der Waals surface area contributed by atoms with E-state index in [4.69, 9.17) is 15.2 Å². The van der Waals surface area contributed by atoms with Gasteiger partial charge in [-0.2, -0.15) is 0 Å². The lowest BCUT2D eigenvalue weighted by molar-refractivity contribution is -0.119. The van der Waals surface area contributed by atoms with E-state index in [-0.39, 0.29) is 12.3 Å². The van der Waals surface area contributed by atoms with Crippen molar-refractivity contribution < 1.29 is 14.3 Å². The number of benzene rings is 1. The van der Waals surface area contributed by atoms with E-state index in [1.807, 2.05) is 44.2 Å². The second-order valence-electron chi connectivity index (χ2n) is 2.99. The first-order chi connectivity index (χ1) is 8.29. The number of hydrogen-bond donors (Lipinski definition) is 1. The second kappa shape index (κ2) is 11.0. The molecule has 1 aromatic carbocycles. The SMILES string of the molecule is CC.NC(=O)CCOCCOc1ccccc1. The number of carbonyl (C=O) groups is 1. The van der Waals surface area contributed by atoms with Crippen LogP contribution in [0.1, 0.15) is 20.3 Å². The number of primary amides is 1. The van der Waals surface area contributed by atoms with Crippen molar-refractivity contribution in [1.82, 2.24) is 0 Å². The molecule has 0 fully saturated rings. The average Bonchev–Trinajstić information content (AvgIpc) is 2.37. The van der Waals surface area contributed by atoms with Crippen LogP contribution in [0.3, 0.4) is 0 Å². The van der Waals surface area contributed by atoms with Crippen LogP contribution in [0.25, 0.3) is 0 Å². The van der Waals surface area contributed by atoms with E-state index in [1.165, 1.54) is 0 Å². The maximum absolute atomic E-state index is 10.4. The van der Waals surface area contributed by atoms with Gasteiger partial charge in [0.2, 0.25) is 5.91 Å². The molecule has 2 N–H and O–H groups in total. The summed E-state index contributed by atoms with van der Waals surface area (Å²) in [5, 5.41) is 0. The largest absolute Gasteiger partial charge is 0.491 e. The molecular weight excluding hydrogens is 218 g/mol. The first-order valence-corrected chi connectivity index (χ1v) is 5.83. The molecule has 1 amide bonds. The fourth-order valence-electron chi connectivity index (χ4n) is 1.01. The molecule has 0 aliphatic heterocycles. The van der Waals surface area contributed by atoms with Gasteiger partial charge in [-0.05, 0) is 12.1 Å². The summed E-state index contributed by atoms with van der Waals surface area (Å²) in [6.45, 7) is 5.29. The van der Waals surface area contributed by atoms with Crippen molar-refractivity contribution in [3.63, 3.8) is 0 Å². The van der Waals surface area contributed by atoms with Crippen molar-refractivity contribution in [1.29, 1.82) is 0 Å². The summed E-state index contributed by atoms with van der Waals surface area (Å²) in [5.41, 5.74) is 4.95. The number of nitrogens with two attached hydrogens (primary N) is 1. The van der Waals surface area contributed by atoms with Crippen LogP contribution in [0.5, 0.6) is 5.75 Å². The maximum atomic E-state index is 10.4. The lowest BCUT2D eigenvalue weighted by Gasteiger charge is -2.05. The molecule has 0 atom stereocenters. The first kappa shape index (κ1) is 15.4. The molecule has 0 saturated carbocycles. The summed E-state index contributed by atoms with van der Waals surface area (Å²) in [7, 11) is 0. The molecule has 0 aliphatic carbocycles. The van der Waals surface area contributed by atoms with Crippen LogP contribution in [-0.2, 0) is 9.53 Å². The normalized spacial score (nSPS) is 9.06. The molecule has 17 heavy (non-hydrogen) atoms. The number of para-hydroxylation sites is 1. The molecule has 0 aliphatic rings. The lowest BCUT2D eigenvalue weighted by Crippen LogP contribution is -2.15. The Morgan fingerprint density at radius 3 is 2.35 bits per heavy atom. The van der Waals surface area contributed by atoms with Crippen molar-refractivity contribution in [2.45, 2.75) is 20.3 Å². The third-order valence-electron chi connectivity index (χ3n) is 1.73. The van der Waals surface area contributed by atoms with Gasteiger partial charge in [-0.3, -0.25) is 4.79 Å². The van der Waals surface area contributed by atoms with Gasteiger partial charge < -0.3 is 15.2 Å². The Hall–Kier alpha value is -1.55. The third-order valence-corrected chi connectivity index (χ3v) is 1.73. The number of amides is 1. The number of hydrogen-bond acceptors (Lipinski definition) is 3. The van der Waals surface area contributed by atoms with E-state index in [0.29, 0.717) is 19.8 Å². The molecule has 0 unspecified atom stereocenters. The quantitative estimate of drug-likeness (QED) is 0.740. The molecule has 4 nitrogen and oxygen atoms in total. The van der Waals surface area contributed by atoms with Crippen molar-refractivity contribution in [3.8, 4) is 5.75 Å². The summed E-state index contributed by atoms with van der Waals surface area (Å²) in [5.74, 6) is 0.468. The van der Waals surface area contributed by atoms with Crippen LogP contribution < -0.4 is 10.5 Å². The monoisotopic (exact) mass is 239 g/mol. The smallest absolute Gasteiger partial charge is 0.219 e. The van der Waals surface area contributed by atoms with Gasteiger partial charge in [0.25, 0.3) is 0 Å². The first-order valence-electron chi connectivity index (χ1n) is 5.83. The van der Waals surface area contributed by atoms with E-state index in [2.05, 4.69) is 0 Å². The van der Waals surface area contributed by atoms with Crippen LogP contribution in [0.2, 0.25) is 0 Å². The average molecular weight is 239 g/mol. The van der Waals surface area contributed by atoms with E-state index in [9.17, 15) is 4.79 Å². The number of rotatable bonds is 7. The molecule has 0 bridgehead atoms. The van der Waals surface area contributed by atoms with E-state index in [0.717, 1.165) is 5.75 Å². The standard InChI is InChI=1S/C11H15NO3.C2H6/c12-11(13)6-7-14-8-9-15-10-4-2-1-3-5-10;1-2/h1-5H,6-9H2,(H2,12,13);1-2H3. The molecule has 0 spiro atoms. The van der Waals surface area contributed by atoms with Crippen molar-refractivity contribution >= 4 is 5.91 Å². The number of ether oxygens (including phenoxy) is 2. The lowest BCUT2D eigenvalue weighted by atomic mass is 10.3. The zero-order valence-electron chi connectivity index (χ0n) is 10.5. The summed E-state index contributed by atoms with van der Waals surface area (Å²) in [6.07, 6.45) is 0.255. The summed E-state index contributed by atoms with van der Waals surface area (Å²) >= 11 is 0. The van der Waals surface area contributed by atoms with E-state index < -0.39 is 0 Å². The molecular formula is C13H21NO3. The van der Waals surface area contributed by atoms with Gasteiger partial charge in [0.05, 0.1) is 13.2 Å². The fourth-order valence-corrected chi connectivity index (χ4v) is 1.01. The van der Waals surface area contributed by atoms with Gasteiger partial charge in [-0.25, -0.2) is 0 Å². The zero-order chi connectivity index (χ0) is 12.9.